The molecule has 0 atom stereocenters. The number of nitrogens with zero attached hydrogens (tertiary/aromatic N) is 3. The molecule has 0 radical (unpaired) electrons. The monoisotopic (exact) mass is 280 g/mol. The molecule has 0 bridgehead atoms. The zero-order valence-electron chi connectivity index (χ0n) is 12.2. The minimum Gasteiger partial charge on any atom is -0.464 e. The molecular formula is C13H20N4O3. The van der Waals surface area contributed by atoms with Crippen molar-refractivity contribution in [1.29, 1.82) is 0 Å². The van der Waals surface area contributed by atoms with Crippen LogP contribution in [0.1, 0.15) is 24.3 Å². The van der Waals surface area contributed by atoms with Gasteiger partial charge in [-0.3, -0.25) is 9.78 Å². The molecule has 0 aromatic carbocycles. The smallest absolute Gasteiger partial charge is 0.358 e. The SMILES string of the molecule is COC(=O)c1cncc(N(C)CC(=O)NCC(C)C)n1. The van der Waals surface area contributed by atoms with Crippen LogP contribution in [0.25, 0.3) is 0 Å². The second-order valence-corrected chi connectivity index (χ2v) is 4.81. The molecule has 0 saturated heterocycles. The van der Waals surface area contributed by atoms with Crippen molar-refractivity contribution in [3.8, 4) is 0 Å². The molecule has 110 valence electrons. The third-order valence-electron chi connectivity index (χ3n) is 2.50. The zero-order valence-corrected chi connectivity index (χ0v) is 12.2. The second-order valence-electron chi connectivity index (χ2n) is 4.81. The predicted octanol–water partition coefficient (Wildman–Crippen LogP) is 0.472. The van der Waals surface area contributed by atoms with Crippen LogP contribution in [0.2, 0.25) is 0 Å². The Balaban J connectivity index is 2.65. The molecule has 0 unspecified atom stereocenters. The van der Waals surface area contributed by atoms with Gasteiger partial charge in [0.25, 0.3) is 0 Å². The molecule has 0 saturated carbocycles. The van der Waals surface area contributed by atoms with Crippen LogP contribution in [-0.4, -0.2) is 49.1 Å². The highest BCUT2D eigenvalue weighted by Crippen LogP contribution is 2.08. The standard InChI is InChI=1S/C13H20N4O3/c1-9(2)5-15-12(18)8-17(3)11-7-14-6-10(16-11)13(19)20-4/h6-7,9H,5,8H2,1-4H3,(H,15,18). The lowest BCUT2D eigenvalue weighted by Crippen LogP contribution is -2.37. The summed E-state index contributed by atoms with van der Waals surface area (Å²) >= 11 is 0. The predicted molar refractivity (Wildman–Crippen MR) is 74.5 cm³/mol. The highest BCUT2D eigenvalue weighted by atomic mass is 16.5. The highest BCUT2D eigenvalue weighted by molar-refractivity contribution is 5.87. The van der Waals surface area contributed by atoms with Gasteiger partial charge in [0, 0.05) is 13.6 Å². The van der Waals surface area contributed by atoms with Gasteiger partial charge >= 0.3 is 5.97 Å². The number of hydrogen-bond acceptors (Lipinski definition) is 6. The summed E-state index contributed by atoms with van der Waals surface area (Å²) in [7, 11) is 2.99. The van der Waals surface area contributed by atoms with Gasteiger partial charge in [-0.1, -0.05) is 13.8 Å². The highest BCUT2D eigenvalue weighted by Gasteiger charge is 2.13. The molecule has 0 aliphatic heterocycles. The summed E-state index contributed by atoms with van der Waals surface area (Å²) in [5, 5.41) is 2.81. The molecule has 1 rings (SSSR count). The summed E-state index contributed by atoms with van der Waals surface area (Å²) in [5.74, 6) is 0.169. The maximum Gasteiger partial charge on any atom is 0.358 e. The number of methoxy groups -OCH3 is 1. The number of amides is 1. The van der Waals surface area contributed by atoms with E-state index in [1.54, 1.807) is 11.9 Å². The Kier molecular flexibility index (Phi) is 5.89. The van der Waals surface area contributed by atoms with Crippen LogP contribution in [-0.2, 0) is 9.53 Å². The van der Waals surface area contributed by atoms with E-state index in [1.165, 1.54) is 19.5 Å². The summed E-state index contributed by atoms with van der Waals surface area (Å²) in [6.07, 6.45) is 2.81. The van der Waals surface area contributed by atoms with Crippen LogP contribution in [0.4, 0.5) is 5.82 Å². The van der Waals surface area contributed by atoms with Crippen molar-refractivity contribution in [3.63, 3.8) is 0 Å². The summed E-state index contributed by atoms with van der Waals surface area (Å²) < 4.78 is 4.58. The van der Waals surface area contributed by atoms with E-state index >= 15 is 0 Å². The van der Waals surface area contributed by atoms with Crippen molar-refractivity contribution >= 4 is 17.7 Å². The Hall–Kier alpha value is -2.18. The first kappa shape index (κ1) is 15.9. The first-order valence-corrected chi connectivity index (χ1v) is 6.32. The second kappa shape index (κ2) is 7.42. The van der Waals surface area contributed by atoms with Gasteiger partial charge in [0.1, 0.15) is 5.82 Å². The van der Waals surface area contributed by atoms with E-state index < -0.39 is 5.97 Å². The summed E-state index contributed by atoms with van der Waals surface area (Å²) in [6, 6.07) is 0. The molecule has 1 heterocycles. The van der Waals surface area contributed by atoms with Gasteiger partial charge in [0.15, 0.2) is 5.69 Å². The van der Waals surface area contributed by atoms with Crippen LogP contribution in [0, 0.1) is 5.92 Å². The number of hydrogen-bond donors (Lipinski definition) is 1. The Bertz CT molecular complexity index is 476. The van der Waals surface area contributed by atoms with E-state index in [9.17, 15) is 9.59 Å². The molecule has 0 aliphatic rings. The molecule has 7 nitrogen and oxygen atoms in total. The minimum atomic E-state index is -0.558. The van der Waals surface area contributed by atoms with Gasteiger partial charge in [-0.2, -0.15) is 0 Å². The van der Waals surface area contributed by atoms with Crippen molar-refractivity contribution in [3.05, 3.63) is 18.1 Å². The molecule has 7 heteroatoms. The average Bonchev–Trinajstić information content (AvgIpc) is 2.44. The van der Waals surface area contributed by atoms with Crippen LogP contribution in [0.15, 0.2) is 12.4 Å². The molecular weight excluding hydrogens is 260 g/mol. The molecule has 1 amide bonds. The molecule has 0 aliphatic carbocycles. The lowest BCUT2D eigenvalue weighted by Gasteiger charge is -2.18. The van der Waals surface area contributed by atoms with Gasteiger partial charge in [-0.25, -0.2) is 9.78 Å². The number of carbonyl (C=O) groups is 2. The zero-order chi connectivity index (χ0) is 15.1. The number of rotatable bonds is 6. The summed E-state index contributed by atoms with van der Waals surface area (Å²) in [4.78, 5) is 32.7. The summed E-state index contributed by atoms with van der Waals surface area (Å²) in [6.45, 7) is 4.82. The number of ether oxygens (including phenoxy) is 1. The van der Waals surface area contributed by atoms with E-state index in [-0.39, 0.29) is 18.1 Å². The Labute approximate surface area is 118 Å². The molecule has 1 aromatic rings. The lowest BCUT2D eigenvalue weighted by molar-refractivity contribution is -0.119. The third kappa shape index (κ3) is 4.83. The average molecular weight is 280 g/mol. The number of likely N-dealkylation sites (N-methyl/N-ethyl adjacent to an activating group) is 1. The van der Waals surface area contributed by atoms with Gasteiger partial charge < -0.3 is 15.0 Å². The van der Waals surface area contributed by atoms with Gasteiger partial charge in [-0.15, -0.1) is 0 Å². The van der Waals surface area contributed by atoms with Crippen LogP contribution in [0.3, 0.4) is 0 Å². The topological polar surface area (TPSA) is 84.4 Å². The Morgan fingerprint density at radius 1 is 1.40 bits per heavy atom. The Morgan fingerprint density at radius 3 is 2.70 bits per heavy atom. The van der Waals surface area contributed by atoms with Gasteiger partial charge in [0.05, 0.1) is 26.0 Å². The number of nitrogens with one attached hydrogen (secondary N) is 1. The number of anilines is 1. The van der Waals surface area contributed by atoms with E-state index in [1.807, 2.05) is 13.8 Å². The fourth-order valence-electron chi connectivity index (χ4n) is 1.41. The first-order chi connectivity index (χ1) is 9.43. The van der Waals surface area contributed by atoms with Gasteiger partial charge in [-0.05, 0) is 5.92 Å². The molecule has 0 fully saturated rings. The first-order valence-electron chi connectivity index (χ1n) is 6.32. The van der Waals surface area contributed by atoms with Crippen LogP contribution in [0.5, 0.6) is 0 Å². The third-order valence-corrected chi connectivity index (χ3v) is 2.50. The summed E-state index contributed by atoms with van der Waals surface area (Å²) in [5.41, 5.74) is 0.111. The fraction of sp³-hybridized carbons (Fsp3) is 0.538. The minimum absolute atomic E-state index is 0.105. The van der Waals surface area contributed by atoms with E-state index in [0.29, 0.717) is 18.3 Å². The van der Waals surface area contributed by atoms with E-state index in [0.717, 1.165) is 0 Å². The molecule has 1 N–H and O–H groups in total. The van der Waals surface area contributed by atoms with Crippen LogP contribution < -0.4 is 10.2 Å². The van der Waals surface area contributed by atoms with Crippen molar-refractivity contribution < 1.29 is 14.3 Å². The van der Waals surface area contributed by atoms with Crippen molar-refractivity contribution in [2.45, 2.75) is 13.8 Å². The molecule has 1 aromatic heterocycles. The van der Waals surface area contributed by atoms with E-state index in [2.05, 4.69) is 20.0 Å². The molecule has 20 heavy (non-hydrogen) atoms. The molecule has 0 spiro atoms. The number of carbonyl (C=O) groups excluding carboxylic acids is 2. The van der Waals surface area contributed by atoms with Gasteiger partial charge in [0.2, 0.25) is 5.91 Å². The van der Waals surface area contributed by atoms with Crippen molar-refractivity contribution in [1.82, 2.24) is 15.3 Å². The number of esters is 1. The van der Waals surface area contributed by atoms with Crippen LogP contribution >= 0.6 is 0 Å². The maximum atomic E-state index is 11.7. The normalized spacial score (nSPS) is 10.2. The largest absolute Gasteiger partial charge is 0.464 e. The van der Waals surface area contributed by atoms with Crippen molar-refractivity contribution in [2.75, 3.05) is 32.1 Å². The Morgan fingerprint density at radius 2 is 2.10 bits per heavy atom. The van der Waals surface area contributed by atoms with Crippen molar-refractivity contribution in [2.24, 2.45) is 5.92 Å². The maximum absolute atomic E-state index is 11.7. The lowest BCUT2D eigenvalue weighted by atomic mass is 10.2. The quantitative estimate of drug-likeness (QED) is 0.763. The number of aromatic nitrogens is 2. The van der Waals surface area contributed by atoms with E-state index in [4.69, 9.17) is 0 Å². The fourth-order valence-corrected chi connectivity index (χ4v) is 1.41.